The zero-order valence-electron chi connectivity index (χ0n) is 17.9. The minimum atomic E-state index is -0.440. The maximum Gasteiger partial charge on any atom is 0.290 e. The van der Waals surface area contributed by atoms with E-state index in [1.807, 2.05) is 50.2 Å². The van der Waals surface area contributed by atoms with Gasteiger partial charge in [-0.2, -0.15) is 0 Å². The van der Waals surface area contributed by atoms with Crippen LogP contribution in [0.15, 0.2) is 51.7 Å². The minimum Gasteiger partial charge on any atom is -0.450 e. The van der Waals surface area contributed by atoms with Gasteiger partial charge in [0.1, 0.15) is 5.58 Å². The number of morpholine rings is 1. The van der Waals surface area contributed by atoms with Crippen molar-refractivity contribution in [1.82, 2.24) is 9.80 Å². The highest BCUT2D eigenvalue weighted by molar-refractivity contribution is 5.99. The SMILES string of the molecule is Cc1ccc([C@H]2c3c(oc4ccc(C)cc4c3=O)C(=O)N2CCN2CCOCC2)cc1. The van der Waals surface area contributed by atoms with Gasteiger partial charge in [-0.1, -0.05) is 41.5 Å². The molecule has 2 aromatic carbocycles. The maximum atomic E-state index is 13.6. The van der Waals surface area contributed by atoms with Crippen LogP contribution in [0.1, 0.15) is 38.9 Å². The summed E-state index contributed by atoms with van der Waals surface area (Å²) in [5.41, 5.74) is 3.84. The summed E-state index contributed by atoms with van der Waals surface area (Å²) in [6.45, 7) is 8.35. The lowest BCUT2D eigenvalue weighted by atomic mass is 9.97. The van der Waals surface area contributed by atoms with Gasteiger partial charge in [-0.25, -0.2) is 0 Å². The fourth-order valence-corrected chi connectivity index (χ4v) is 4.53. The van der Waals surface area contributed by atoms with Crippen molar-refractivity contribution in [1.29, 1.82) is 0 Å². The number of nitrogens with zero attached hydrogens (tertiary/aromatic N) is 2. The van der Waals surface area contributed by atoms with E-state index >= 15 is 0 Å². The van der Waals surface area contributed by atoms with Crippen molar-refractivity contribution in [2.45, 2.75) is 19.9 Å². The van der Waals surface area contributed by atoms with E-state index < -0.39 is 6.04 Å². The zero-order valence-corrected chi connectivity index (χ0v) is 17.9. The van der Waals surface area contributed by atoms with Crippen LogP contribution in [0, 0.1) is 13.8 Å². The molecule has 5 rings (SSSR count). The predicted octanol–water partition coefficient (Wildman–Crippen LogP) is 3.29. The first kappa shape index (κ1) is 20.0. The number of fused-ring (bicyclic) bond motifs is 2. The number of hydrogen-bond donors (Lipinski definition) is 0. The van der Waals surface area contributed by atoms with Crippen molar-refractivity contribution in [2.24, 2.45) is 0 Å². The standard InChI is InChI=1S/C25H26N2O4/c1-16-3-6-18(7-4-16)22-21-23(28)19-15-17(2)5-8-20(19)31-24(21)25(29)27(22)10-9-26-11-13-30-14-12-26/h3-8,15,22H,9-14H2,1-2H3/t22-/m0/s1. The highest BCUT2D eigenvalue weighted by atomic mass is 16.5. The molecule has 1 atom stereocenters. The van der Waals surface area contributed by atoms with Crippen LogP contribution in [0.25, 0.3) is 11.0 Å². The van der Waals surface area contributed by atoms with Crippen LogP contribution in [-0.4, -0.2) is 55.1 Å². The average molecular weight is 418 g/mol. The molecule has 160 valence electrons. The molecule has 3 aromatic rings. The van der Waals surface area contributed by atoms with Gasteiger partial charge in [0.15, 0.2) is 5.43 Å². The van der Waals surface area contributed by atoms with E-state index in [4.69, 9.17) is 9.15 Å². The van der Waals surface area contributed by atoms with Crippen LogP contribution in [-0.2, 0) is 4.74 Å². The Balaban J connectivity index is 1.60. The zero-order chi connectivity index (χ0) is 21.5. The normalized spacial score (nSPS) is 19.2. The summed E-state index contributed by atoms with van der Waals surface area (Å²) < 4.78 is 11.5. The van der Waals surface area contributed by atoms with E-state index in [0.717, 1.165) is 36.3 Å². The second-order valence-electron chi connectivity index (χ2n) is 8.44. The molecule has 1 amide bonds. The number of amides is 1. The van der Waals surface area contributed by atoms with Gasteiger partial charge >= 0.3 is 0 Å². The highest BCUT2D eigenvalue weighted by Crippen LogP contribution is 2.38. The molecule has 2 aliphatic rings. The Kier molecular flexibility index (Phi) is 5.12. The van der Waals surface area contributed by atoms with Gasteiger partial charge < -0.3 is 14.1 Å². The molecule has 2 aliphatic heterocycles. The molecule has 31 heavy (non-hydrogen) atoms. The van der Waals surface area contributed by atoms with Gasteiger partial charge in [-0.3, -0.25) is 14.5 Å². The molecular weight excluding hydrogens is 392 g/mol. The monoisotopic (exact) mass is 418 g/mol. The first-order valence-corrected chi connectivity index (χ1v) is 10.8. The molecule has 6 heteroatoms. The number of rotatable bonds is 4. The van der Waals surface area contributed by atoms with E-state index in [-0.39, 0.29) is 17.1 Å². The summed E-state index contributed by atoms with van der Waals surface area (Å²) in [7, 11) is 0. The van der Waals surface area contributed by atoms with Crippen LogP contribution >= 0.6 is 0 Å². The number of aryl methyl sites for hydroxylation is 2. The van der Waals surface area contributed by atoms with Crippen molar-refractivity contribution in [3.8, 4) is 0 Å². The minimum absolute atomic E-state index is 0.118. The summed E-state index contributed by atoms with van der Waals surface area (Å²) in [5.74, 6) is -0.0395. The Labute approximate surface area is 181 Å². The largest absolute Gasteiger partial charge is 0.450 e. The predicted molar refractivity (Wildman–Crippen MR) is 119 cm³/mol. The Morgan fingerprint density at radius 1 is 0.935 bits per heavy atom. The quantitative estimate of drug-likeness (QED) is 0.651. The summed E-state index contributed by atoms with van der Waals surface area (Å²) >= 11 is 0. The van der Waals surface area contributed by atoms with Gasteiger partial charge in [0, 0.05) is 26.2 Å². The molecule has 0 N–H and O–H groups in total. The van der Waals surface area contributed by atoms with Gasteiger partial charge in [0.2, 0.25) is 5.76 Å². The van der Waals surface area contributed by atoms with Gasteiger partial charge in [0.25, 0.3) is 5.91 Å². The Morgan fingerprint density at radius 2 is 1.65 bits per heavy atom. The molecule has 0 spiro atoms. The van der Waals surface area contributed by atoms with Crippen molar-refractivity contribution in [2.75, 3.05) is 39.4 Å². The molecular formula is C25H26N2O4. The van der Waals surface area contributed by atoms with Crippen LogP contribution in [0.5, 0.6) is 0 Å². The summed E-state index contributed by atoms with van der Waals surface area (Å²) in [5, 5.41) is 0.527. The van der Waals surface area contributed by atoms with Crippen molar-refractivity contribution in [3.63, 3.8) is 0 Å². The lowest BCUT2D eigenvalue weighted by molar-refractivity contribution is 0.0314. The van der Waals surface area contributed by atoms with Crippen molar-refractivity contribution in [3.05, 3.63) is 80.7 Å². The fourth-order valence-electron chi connectivity index (χ4n) is 4.53. The second kappa shape index (κ2) is 7.94. The Bertz CT molecular complexity index is 1190. The third kappa shape index (κ3) is 3.56. The van der Waals surface area contributed by atoms with Gasteiger partial charge in [0.05, 0.1) is 30.2 Å². The number of hydrogen-bond acceptors (Lipinski definition) is 5. The first-order chi connectivity index (χ1) is 15.0. The van der Waals surface area contributed by atoms with E-state index in [1.165, 1.54) is 0 Å². The Hall–Kier alpha value is -2.96. The molecule has 3 heterocycles. The molecule has 0 saturated carbocycles. The van der Waals surface area contributed by atoms with E-state index in [0.29, 0.717) is 36.3 Å². The van der Waals surface area contributed by atoms with Crippen molar-refractivity contribution >= 4 is 16.9 Å². The van der Waals surface area contributed by atoms with Crippen LogP contribution < -0.4 is 5.43 Å². The fraction of sp³-hybridized carbons (Fsp3) is 0.360. The topological polar surface area (TPSA) is 63.0 Å². The smallest absolute Gasteiger partial charge is 0.290 e. The lowest BCUT2D eigenvalue weighted by Crippen LogP contribution is -2.42. The maximum absolute atomic E-state index is 13.6. The van der Waals surface area contributed by atoms with Crippen LogP contribution in [0.2, 0.25) is 0 Å². The van der Waals surface area contributed by atoms with Gasteiger partial charge in [-0.15, -0.1) is 0 Å². The number of ether oxygens (including phenoxy) is 1. The molecule has 1 saturated heterocycles. The number of carbonyl (C=O) groups excluding carboxylic acids is 1. The average Bonchev–Trinajstić information content (AvgIpc) is 3.06. The van der Waals surface area contributed by atoms with Crippen LogP contribution in [0.4, 0.5) is 0 Å². The molecule has 0 aliphatic carbocycles. The Morgan fingerprint density at radius 3 is 2.39 bits per heavy atom. The van der Waals surface area contributed by atoms with Crippen LogP contribution in [0.3, 0.4) is 0 Å². The molecule has 0 unspecified atom stereocenters. The van der Waals surface area contributed by atoms with E-state index in [1.54, 1.807) is 11.0 Å². The number of benzene rings is 2. The second-order valence-corrected chi connectivity index (χ2v) is 8.44. The molecule has 6 nitrogen and oxygen atoms in total. The molecule has 1 aromatic heterocycles. The number of carbonyl (C=O) groups is 1. The first-order valence-electron chi connectivity index (χ1n) is 10.8. The summed E-state index contributed by atoms with van der Waals surface area (Å²) in [4.78, 5) is 31.1. The highest BCUT2D eigenvalue weighted by Gasteiger charge is 2.42. The molecule has 0 bridgehead atoms. The molecule has 1 fully saturated rings. The van der Waals surface area contributed by atoms with Crippen molar-refractivity contribution < 1.29 is 13.9 Å². The third-order valence-corrected chi connectivity index (χ3v) is 6.28. The summed E-state index contributed by atoms with van der Waals surface area (Å²) in [6.07, 6.45) is 0. The molecule has 0 radical (unpaired) electrons. The lowest BCUT2D eigenvalue weighted by Gasteiger charge is -2.31. The van der Waals surface area contributed by atoms with E-state index in [2.05, 4.69) is 4.90 Å². The third-order valence-electron chi connectivity index (χ3n) is 6.28. The van der Waals surface area contributed by atoms with Gasteiger partial charge in [-0.05, 0) is 31.5 Å². The summed E-state index contributed by atoms with van der Waals surface area (Å²) in [6, 6.07) is 13.1. The van der Waals surface area contributed by atoms with E-state index in [9.17, 15) is 9.59 Å².